The van der Waals surface area contributed by atoms with Gasteiger partial charge in [-0.25, -0.2) is 0 Å². The topological polar surface area (TPSA) is 25.2 Å². The average Bonchev–Trinajstić information content (AvgIpc) is 2.66. The zero-order valence-electron chi connectivity index (χ0n) is 8.14. The summed E-state index contributed by atoms with van der Waals surface area (Å²) >= 11 is 11.6. The van der Waals surface area contributed by atoms with Gasteiger partial charge in [0.15, 0.2) is 3.77 Å². The van der Waals surface area contributed by atoms with Crippen molar-refractivity contribution in [2.75, 3.05) is 5.32 Å². The van der Waals surface area contributed by atoms with Crippen molar-refractivity contribution in [3.8, 4) is 0 Å². The first-order chi connectivity index (χ1) is 7.65. The van der Waals surface area contributed by atoms with E-state index >= 15 is 0 Å². The molecule has 2 aromatic rings. The SMILES string of the molecule is Clc1ccc(Br)cc1NCc1ccc(I)o1. The highest BCUT2D eigenvalue weighted by molar-refractivity contribution is 14.1. The summed E-state index contributed by atoms with van der Waals surface area (Å²) in [6.45, 7) is 0.624. The Morgan fingerprint density at radius 1 is 1.31 bits per heavy atom. The number of halogens is 3. The van der Waals surface area contributed by atoms with Gasteiger partial charge in [-0.2, -0.15) is 0 Å². The maximum atomic E-state index is 6.05. The van der Waals surface area contributed by atoms with Crippen LogP contribution in [0.25, 0.3) is 0 Å². The summed E-state index contributed by atoms with van der Waals surface area (Å²) in [5.74, 6) is 0.889. The van der Waals surface area contributed by atoms with Crippen LogP contribution in [0.15, 0.2) is 39.2 Å². The molecular weight excluding hydrogens is 404 g/mol. The van der Waals surface area contributed by atoms with Crippen molar-refractivity contribution in [2.45, 2.75) is 6.54 Å². The molecule has 0 fully saturated rings. The minimum Gasteiger partial charge on any atom is -0.454 e. The van der Waals surface area contributed by atoms with E-state index in [9.17, 15) is 0 Å². The van der Waals surface area contributed by atoms with E-state index in [4.69, 9.17) is 16.0 Å². The molecule has 0 amide bonds. The molecule has 0 saturated carbocycles. The van der Waals surface area contributed by atoms with Crippen LogP contribution in [0.1, 0.15) is 5.76 Å². The molecule has 0 aliphatic heterocycles. The van der Waals surface area contributed by atoms with Gasteiger partial charge in [0.2, 0.25) is 0 Å². The lowest BCUT2D eigenvalue weighted by atomic mass is 10.3. The van der Waals surface area contributed by atoms with Crippen molar-refractivity contribution >= 4 is 55.8 Å². The van der Waals surface area contributed by atoms with Crippen molar-refractivity contribution in [1.82, 2.24) is 0 Å². The van der Waals surface area contributed by atoms with E-state index in [1.165, 1.54) is 0 Å². The molecule has 1 aromatic heterocycles. The quantitative estimate of drug-likeness (QED) is 0.725. The Balaban J connectivity index is 2.07. The number of hydrogen-bond acceptors (Lipinski definition) is 2. The molecule has 2 rings (SSSR count). The van der Waals surface area contributed by atoms with Gasteiger partial charge in [-0.3, -0.25) is 0 Å². The van der Waals surface area contributed by atoms with Gasteiger partial charge >= 0.3 is 0 Å². The molecule has 16 heavy (non-hydrogen) atoms. The summed E-state index contributed by atoms with van der Waals surface area (Å²) in [6, 6.07) is 9.57. The van der Waals surface area contributed by atoms with E-state index in [0.29, 0.717) is 11.6 Å². The highest BCUT2D eigenvalue weighted by Crippen LogP contribution is 2.26. The fourth-order valence-electron chi connectivity index (χ4n) is 1.26. The molecule has 1 aromatic carbocycles. The normalized spacial score (nSPS) is 10.4. The van der Waals surface area contributed by atoms with Gasteiger partial charge in [-0.15, -0.1) is 0 Å². The minimum atomic E-state index is 0.624. The Labute approximate surface area is 121 Å². The molecule has 2 nitrogen and oxygen atoms in total. The van der Waals surface area contributed by atoms with Crippen LogP contribution in [-0.4, -0.2) is 0 Å². The van der Waals surface area contributed by atoms with Gasteiger partial charge in [0.1, 0.15) is 5.76 Å². The smallest absolute Gasteiger partial charge is 0.164 e. The van der Waals surface area contributed by atoms with Crippen LogP contribution < -0.4 is 5.32 Å². The molecule has 0 aliphatic carbocycles. The maximum absolute atomic E-state index is 6.05. The van der Waals surface area contributed by atoms with Crippen LogP contribution in [-0.2, 0) is 6.54 Å². The fourth-order valence-corrected chi connectivity index (χ4v) is 2.27. The molecule has 0 radical (unpaired) electrons. The molecule has 0 unspecified atom stereocenters. The molecule has 0 saturated heterocycles. The summed E-state index contributed by atoms with van der Waals surface area (Å²) in [4.78, 5) is 0. The van der Waals surface area contributed by atoms with Crippen molar-refractivity contribution < 1.29 is 4.42 Å². The minimum absolute atomic E-state index is 0.624. The highest BCUT2D eigenvalue weighted by Gasteiger charge is 2.03. The van der Waals surface area contributed by atoms with Gasteiger partial charge in [-0.1, -0.05) is 27.5 Å². The van der Waals surface area contributed by atoms with Gasteiger partial charge in [0, 0.05) is 4.47 Å². The number of rotatable bonds is 3. The Morgan fingerprint density at radius 2 is 2.12 bits per heavy atom. The molecule has 1 heterocycles. The van der Waals surface area contributed by atoms with E-state index < -0.39 is 0 Å². The predicted octanol–water partition coefficient (Wildman–Crippen LogP) is 4.91. The van der Waals surface area contributed by atoms with Crippen LogP contribution >= 0.6 is 50.1 Å². The largest absolute Gasteiger partial charge is 0.454 e. The molecule has 5 heteroatoms. The second kappa shape index (κ2) is 5.42. The van der Waals surface area contributed by atoms with E-state index in [0.717, 1.165) is 19.7 Å². The first-order valence-electron chi connectivity index (χ1n) is 4.58. The second-order valence-electron chi connectivity index (χ2n) is 3.18. The Hall–Kier alpha value is -0.200. The van der Waals surface area contributed by atoms with Crippen LogP contribution in [0.3, 0.4) is 0 Å². The monoisotopic (exact) mass is 411 g/mol. The zero-order chi connectivity index (χ0) is 11.5. The van der Waals surface area contributed by atoms with Gasteiger partial charge < -0.3 is 9.73 Å². The van der Waals surface area contributed by atoms with E-state index in [-0.39, 0.29) is 0 Å². The third-order valence-electron chi connectivity index (χ3n) is 2.01. The summed E-state index contributed by atoms with van der Waals surface area (Å²) < 4.78 is 7.32. The molecular formula is C11H8BrClINO. The Morgan fingerprint density at radius 3 is 2.81 bits per heavy atom. The van der Waals surface area contributed by atoms with E-state index in [2.05, 4.69) is 43.8 Å². The zero-order valence-corrected chi connectivity index (χ0v) is 12.6. The highest BCUT2D eigenvalue weighted by atomic mass is 127. The lowest BCUT2D eigenvalue weighted by molar-refractivity contribution is 0.493. The Bertz CT molecular complexity index is 500. The lowest BCUT2D eigenvalue weighted by Crippen LogP contribution is -1.98. The summed E-state index contributed by atoms with van der Waals surface area (Å²) in [7, 11) is 0. The summed E-state index contributed by atoms with van der Waals surface area (Å²) in [6.07, 6.45) is 0. The van der Waals surface area contributed by atoms with Crippen LogP contribution in [0.2, 0.25) is 5.02 Å². The number of benzene rings is 1. The van der Waals surface area contributed by atoms with Crippen molar-refractivity contribution in [3.63, 3.8) is 0 Å². The van der Waals surface area contributed by atoms with E-state index in [1.54, 1.807) is 0 Å². The number of furan rings is 1. The van der Waals surface area contributed by atoms with Crippen molar-refractivity contribution in [3.05, 3.63) is 49.4 Å². The van der Waals surface area contributed by atoms with Crippen LogP contribution in [0.5, 0.6) is 0 Å². The molecule has 0 spiro atoms. The first kappa shape index (κ1) is 12.3. The molecule has 0 atom stereocenters. The van der Waals surface area contributed by atoms with Crippen LogP contribution in [0.4, 0.5) is 5.69 Å². The van der Waals surface area contributed by atoms with Gasteiger partial charge in [0.05, 0.1) is 17.3 Å². The Kier molecular flexibility index (Phi) is 4.16. The predicted molar refractivity (Wildman–Crippen MR) is 77.9 cm³/mol. The third-order valence-corrected chi connectivity index (χ3v) is 3.41. The first-order valence-corrected chi connectivity index (χ1v) is 6.83. The molecule has 0 bridgehead atoms. The average molecular weight is 412 g/mol. The summed E-state index contributed by atoms with van der Waals surface area (Å²) in [5, 5.41) is 3.92. The third kappa shape index (κ3) is 3.15. The van der Waals surface area contributed by atoms with Crippen molar-refractivity contribution in [2.24, 2.45) is 0 Å². The molecule has 1 N–H and O–H groups in total. The second-order valence-corrected chi connectivity index (χ2v) is 5.57. The number of nitrogens with one attached hydrogen (secondary N) is 1. The van der Waals surface area contributed by atoms with Crippen LogP contribution in [0, 0.1) is 3.77 Å². The fraction of sp³-hybridized carbons (Fsp3) is 0.0909. The lowest BCUT2D eigenvalue weighted by Gasteiger charge is -2.07. The molecule has 0 aliphatic rings. The van der Waals surface area contributed by atoms with Gasteiger partial charge in [-0.05, 0) is 52.9 Å². The number of anilines is 1. The molecule has 84 valence electrons. The number of hydrogen-bond donors (Lipinski definition) is 1. The maximum Gasteiger partial charge on any atom is 0.164 e. The van der Waals surface area contributed by atoms with Crippen molar-refractivity contribution in [1.29, 1.82) is 0 Å². The standard InChI is InChI=1S/C11H8BrClINO/c12-7-1-3-9(13)10(5-7)15-6-8-2-4-11(14)16-8/h1-5,15H,6H2. The van der Waals surface area contributed by atoms with E-state index in [1.807, 2.05) is 30.3 Å². The summed E-state index contributed by atoms with van der Waals surface area (Å²) in [5.41, 5.74) is 0.891. The van der Waals surface area contributed by atoms with Gasteiger partial charge in [0.25, 0.3) is 0 Å².